The quantitative estimate of drug-likeness (QED) is 0.744. The molecule has 2 bridgehead atoms. The van der Waals surface area contributed by atoms with Crippen LogP contribution in [0.5, 0.6) is 0 Å². The van der Waals surface area contributed by atoms with Crippen molar-refractivity contribution in [3.63, 3.8) is 0 Å². The van der Waals surface area contributed by atoms with E-state index in [1.54, 1.807) is 0 Å². The highest BCUT2D eigenvalue weighted by Crippen LogP contribution is 2.57. The first-order valence-corrected chi connectivity index (χ1v) is 8.57. The van der Waals surface area contributed by atoms with Crippen molar-refractivity contribution in [1.82, 2.24) is 0 Å². The summed E-state index contributed by atoms with van der Waals surface area (Å²) in [4.78, 5) is 12.8. The van der Waals surface area contributed by atoms with Crippen LogP contribution in [0.25, 0.3) is 0 Å². The minimum atomic E-state index is -0.138. The number of unbranched alkanes of at least 4 members (excludes halogenated alkanes) is 1. The number of rotatable bonds is 3. The van der Waals surface area contributed by atoms with Gasteiger partial charge >= 0.3 is 0 Å². The Balaban J connectivity index is 1.75. The monoisotopic (exact) mass is 280 g/mol. The SMILES string of the molecule is CCCCc1ccc2c(c1)CCC(=O)C21CC2=CCC1C2. The summed E-state index contributed by atoms with van der Waals surface area (Å²) in [6, 6.07) is 6.99. The zero-order chi connectivity index (χ0) is 14.4. The first-order valence-electron chi connectivity index (χ1n) is 8.57. The van der Waals surface area contributed by atoms with Gasteiger partial charge in [-0.25, -0.2) is 0 Å². The Hall–Kier alpha value is -1.37. The van der Waals surface area contributed by atoms with Crippen LogP contribution in [0.4, 0.5) is 0 Å². The smallest absolute Gasteiger partial charge is 0.144 e. The number of hydrogen-bond donors (Lipinski definition) is 0. The van der Waals surface area contributed by atoms with Crippen LogP contribution >= 0.6 is 0 Å². The van der Waals surface area contributed by atoms with Crippen LogP contribution in [0.2, 0.25) is 0 Å². The predicted octanol–water partition coefficient (Wildman–Crippen LogP) is 4.52. The summed E-state index contributed by atoms with van der Waals surface area (Å²) >= 11 is 0. The van der Waals surface area contributed by atoms with Crippen LogP contribution in [-0.4, -0.2) is 5.78 Å². The Kier molecular flexibility index (Phi) is 3.06. The summed E-state index contributed by atoms with van der Waals surface area (Å²) in [5.41, 5.74) is 5.71. The van der Waals surface area contributed by atoms with Gasteiger partial charge in [-0.2, -0.15) is 0 Å². The van der Waals surface area contributed by atoms with Crippen LogP contribution in [0.1, 0.15) is 62.1 Å². The topological polar surface area (TPSA) is 17.1 Å². The second kappa shape index (κ2) is 4.83. The lowest BCUT2D eigenvalue weighted by Gasteiger charge is -2.40. The fraction of sp³-hybridized carbons (Fsp3) is 0.550. The molecule has 1 fully saturated rings. The molecule has 3 aliphatic rings. The molecule has 0 aliphatic heterocycles. The molecule has 0 heterocycles. The molecule has 1 heteroatoms. The lowest BCUT2D eigenvalue weighted by atomic mass is 9.61. The third-order valence-electron chi connectivity index (χ3n) is 5.99. The molecule has 1 spiro atoms. The molecule has 21 heavy (non-hydrogen) atoms. The van der Waals surface area contributed by atoms with Gasteiger partial charge in [0.1, 0.15) is 5.78 Å². The van der Waals surface area contributed by atoms with Crippen molar-refractivity contribution < 1.29 is 4.79 Å². The molecule has 1 aromatic rings. The first kappa shape index (κ1) is 13.3. The highest BCUT2D eigenvalue weighted by molar-refractivity contribution is 5.94. The molecule has 1 saturated carbocycles. The van der Waals surface area contributed by atoms with Crippen LogP contribution in [0.3, 0.4) is 0 Å². The van der Waals surface area contributed by atoms with Gasteiger partial charge in [0, 0.05) is 6.42 Å². The second-order valence-electron chi connectivity index (χ2n) is 7.17. The third kappa shape index (κ3) is 1.86. The van der Waals surface area contributed by atoms with Crippen molar-refractivity contribution in [2.75, 3.05) is 0 Å². The minimum absolute atomic E-state index is 0.138. The van der Waals surface area contributed by atoms with Crippen molar-refractivity contribution in [3.05, 3.63) is 46.5 Å². The number of hydrogen-bond acceptors (Lipinski definition) is 1. The number of carbonyl (C=O) groups is 1. The lowest BCUT2D eigenvalue weighted by Crippen LogP contribution is -2.43. The maximum absolute atomic E-state index is 12.8. The second-order valence-corrected chi connectivity index (χ2v) is 7.17. The first-order chi connectivity index (χ1) is 10.2. The minimum Gasteiger partial charge on any atom is -0.299 e. The van der Waals surface area contributed by atoms with Gasteiger partial charge in [0.05, 0.1) is 5.41 Å². The van der Waals surface area contributed by atoms with Crippen molar-refractivity contribution >= 4 is 5.78 Å². The maximum atomic E-state index is 12.8. The number of Topliss-reactive ketones (excluding diaryl/α,β-unsaturated/α-hetero) is 1. The summed E-state index contributed by atoms with van der Waals surface area (Å²) in [5, 5.41) is 0. The zero-order valence-electron chi connectivity index (χ0n) is 13.0. The fourth-order valence-electron chi connectivity index (χ4n) is 4.90. The average Bonchev–Trinajstić information content (AvgIpc) is 3.11. The molecule has 0 saturated heterocycles. The Morgan fingerprint density at radius 2 is 2.19 bits per heavy atom. The van der Waals surface area contributed by atoms with Gasteiger partial charge in [-0.05, 0) is 61.1 Å². The molecule has 1 aromatic carbocycles. The Labute approximate surface area is 127 Å². The number of carbonyl (C=O) groups excluding carboxylic acids is 1. The molecule has 3 aliphatic carbocycles. The summed E-state index contributed by atoms with van der Waals surface area (Å²) in [7, 11) is 0. The highest BCUT2D eigenvalue weighted by atomic mass is 16.1. The normalized spacial score (nSPS) is 29.9. The van der Waals surface area contributed by atoms with Gasteiger partial charge in [-0.3, -0.25) is 4.79 Å². The molecule has 0 N–H and O–H groups in total. The lowest BCUT2D eigenvalue weighted by molar-refractivity contribution is -0.126. The van der Waals surface area contributed by atoms with Gasteiger partial charge in [0.25, 0.3) is 0 Å². The Morgan fingerprint density at radius 1 is 1.29 bits per heavy atom. The number of ketones is 1. The summed E-state index contributed by atoms with van der Waals surface area (Å²) in [5.74, 6) is 1.07. The summed E-state index contributed by atoms with van der Waals surface area (Å²) < 4.78 is 0. The van der Waals surface area contributed by atoms with Crippen LogP contribution in [0.15, 0.2) is 29.8 Å². The number of fused-ring (bicyclic) bond motifs is 5. The van der Waals surface area contributed by atoms with E-state index in [-0.39, 0.29) is 5.41 Å². The molecule has 110 valence electrons. The predicted molar refractivity (Wildman–Crippen MR) is 85.5 cm³/mol. The number of allylic oxidation sites excluding steroid dienone is 2. The fourth-order valence-corrected chi connectivity index (χ4v) is 4.90. The van der Waals surface area contributed by atoms with Crippen molar-refractivity contribution in [2.24, 2.45) is 5.92 Å². The molecule has 0 aromatic heterocycles. The molecule has 4 rings (SSSR count). The molecular weight excluding hydrogens is 256 g/mol. The van der Waals surface area contributed by atoms with Gasteiger partial charge in [-0.15, -0.1) is 0 Å². The van der Waals surface area contributed by atoms with Crippen molar-refractivity contribution in [3.8, 4) is 0 Å². The summed E-state index contributed by atoms with van der Waals surface area (Å²) in [6.07, 6.45) is 11.1. The summed E-state index contributed by atoms with van der Waals surface area (Å²) in [6.45, 7) is 2.25. The average molecular weight is 280 g/mol. The molecule has 2 atom stereocenters. The zero-order valence-corrected chi connectivity index (χ0v) is 13.0. The van der Waals surface area contributed by atoms with Crippen LogP contribution in [0, 0.1) is 5.92 Å². The van der Waals surface area contributed by atoms with Gasteiger partial charge in [-0.1, -0.05) is 43.2 Å². The van der Waals surface area contributed by atoms with E-state index in [4.69, 9.17) is 0 Å². The van der Waals surface area contributed by atoms with E-state index >= 15 is 0 Å². The van der Waals surface area contributed by atoms with Gasteiger partial charge in [0.2, 0.25) is 0 Å². The third-order valence-corrected chi connectivity index (χ3v) is 5.99. The standard InChI is InChI=1S/C20H24O/c1-2-3-4-14-6-9-18-16(11-14)7-10-19(21)20(18)13-15-5-8-17(20)12-15/h5-6,9,11,17H,2-4,7-8,10,12-13H2,1H3. The van der Waals surface area contributed by atoms with E-state index in [1.165, 1.54) is 47.9 Å². The molecule has 0 amide bonds. The van der Waals surface area contributed by atoms with Crippen LogP contribution < -0.4 is 0 Å². The molecule has 2 unspecified atom stereocenters. The maximum Gasteiger partial charge on any atom is 0.144 e. The van der Waals surface area contributed by atoms with E-state index in [1.807, 2.05) is 0 Å². The molecular formula is C20H24O. The van der Waals surface area contributed by atoms with E-state index in [0.29, 0.717) is 11.7 Å². The number of aryl methyl sites for hydroxylation is 2. The van der Waals surface area contributed by atoms with E-state index in [2.05, 4.69) is 31.2 Å². The van der Waals surface area contributed by atoms with Crippen LogP contribution in [-0.2, 0) is 23.1 Å². The van der Waals surface area contributed by atoms with E-state index in [0.717, 1.165) is 25.7 Å². The van der Waals surface area contributed by atoms with E-state index in [9.17, 15) is 4.79 Å². The molecule has 0 radical (unpaired) electrons. The largest absolute Gasteiger partial charge is 0.299 e. The van der Waals surface area contributed by atoms with Gasteiger partial charge in [0.15, 0.2) is 0 Å². The van der Waals surface area contributed by atoms with E-state index < -0.39 is 0 Å². The number of benzene rings is 1. The van der Waals surface area contributed by atoms with Crippen molar-refractivity contribution in [1.29, 1.82) is 0 Å². The Bertz CT molecular complexity index is 625. The van der Waals surface area contributed by atoms with Crippen molar-refractivity contribution in [2.45, 2.75) is 63.7 Å². The molecule has 1 nitrogen and oxygen atoms in total. The van der Waals surface area contributed by atoms with Gasteiger partial charge < -0.3 is 0 Å². The Morgan fingerprint density at radius 3 is 2.90 bits per heavy atom. The highest BCUT2D eigenvalue weighted by Gasteiger charge is 2.54.